The molecule has 0 amide bonds. The summed E-state index contributed by atoms with van der Waals surface area (Å²) in [7, 11) is 1.58. The van der Waals surface area contributed by atoms with Gasteiger partial charge in [0, 0.05) is 0 Å². The van der Waals surface area contributed by atoms with Crippen LogP contribution < -0.4 is 24.4 Å². The Kier molecular flexibility index (Phi) is 8.56. The van der Waals surface area contributed by atoms with Crippen LogP contribution in [-0.4, -0.2) is 24.3 Å². The van der Waals surface area contributed by atoms with Crippen LogP contribution in [0.15, 0.2) is 92.3 Å². The molecular weight excluding hydrogens is 604 g/mol. The van der Waals surface area contributed by atoms with Crippen molar-refractivity contribution in [3.63, 3.8) is 0 Å². The number of aryl methyl sites for hydroxylation is 1. The van der Waals surface area contributed by atoms with Gasteiger partial charge in [0.05, 0.1) is 40.0 Å². The van der Waals surface area contributed by atoms with Crippen molar-refractivity contribution in [2.75, 3.05) is 13.7 Å². The molecule has 0 bridgehead atoms. The van der Waals surface area contributed by atoms with Crippen molar-refractivity contribution in [2.24, 2.45) is 4.99 Å². The molecule has 0 N–H and O–H groups in total. The minimum atomic E-state index is -0.650. The van der Waals surface area contributed by atoms with Gasteiger partial charge >= 0.3 is 5.97 Å². The number of carbonyl (C=O) groups is 1. The molecule has 0 saturated carbocycles. The second kappa shape index (κ2) is 12.3. The molecule has 1 aromatic heterocycles. The van der Waals surface area contributed by atoms with E-state index in [1.54, 1.807) is 31.6 Å². The highest BCUT2D eigenvalue weighted by Crippen LogP contribution is 2.37. The Morgan fingerprint density at radius 3 is 2.51 bits per heavy atom. The van der Waals surface area contributed by atoms with Crippen molar-refractivity contribution in [3.05, 3.63) is 124 Å². The summed E-state index contributed by atoms with van der Waals surface area (Å²) >= 11 is 4.89. The molecule has 0 fully saturated rings. The first-order valence-electron chi connectivity index (χ1n) is 13.1. The lowest BCUT2D eigenvalue weighted by atomic mass is 9.95. The van der Waals surface area contributed by atoms with E-state index in [2.05, 4.69) is 20.9 Å². The van der Waals surface area contributed by atoms with Crippen LogP contribution in [0.1, 0.15) is 42.1 Å². The van der Waals surface area contributed by atoms with Gasteiger partial charge in [0.2, 0.25) is 0 Å². The number of thiazole rings is 1. The Bertz CT molecular complexity index is 1810. The molecule has 0 saturated heterocycles. The number of fused-ring (bicyclic) bond motifs is 1. The zero-order valence-corrected chi connectivity index (χ0v) is 25.5. The summed E-state index contributed by atoms with van der Waals surface area (Å²) in [6.45, 7) is 6.14. The molecule has 0 unspecified atom stereocenters. The minimum absolute atomic E-state index is 0.225. The van der Waals surface area contributed by atoms with E-state index in [4.69, 9.17) is 14.2 Å². The van der Waals surface area contributed by atoms with E-state index in [-0.39, 0.29) is 12.2 Å². The number of nitrogens with zero attached hydrogens (tertiary/aromatic N) is 2. The van der Waals surface area contributed by atoms with Gasteiger partial charge in [0.1, 0.15) is 6.61 Å². The molecule has 0 radical (unpaired) electrons. The van der Waals surface area contributed by atoms with E-state index in [1.165, 1.54) is 11.3 Å². The van der Waals surface area contributed by atoms with Crippen molar-refractivity contribution in [3.8, 4) is 11.5 Å². The number of hydrogen-bond acceptors (Lipinski definition) is 7. The van der Waals surface area contributed by atoms with Gasteiger partial charge in [0.15, 0.2) is 16.3 Å². The molecule has 7 nitrogen and oxygen atoms in total. The normalized spacial score (nSPS) is 14.9. The summed E-state index contributed by atoms with van der Waals surface area (Å²) in [5.74, 6) is 0.629. The zero-order valence-electron chi connectivity index (χ0n) is 23.1. The van der Waals surface area contributed by atoms with Crippen molar-refractivity contribution < 1.29 is 19.0 Å². The fraction of sp³-hybridized carbons (Fsp3) is 0.219. The molecule has 41 heavy (non-hydrogen) atoms. The third-order valence-electron chi connectivity index (χ3n) is 6.69. The third kappa shape index (κ3) is 5.92. The number of halogens is 1. The lowest BCUT2D eigenvalue weighted by Gasteiger charge is -2.24. The Labute approximate surface area is 250 Å². The largest absolute Gasteiger partial charge is 0.493 e. The Hall–Kier alpha value is -3.95. The van der Waals surface area contributed by atoms with Crippen LogP contribution in [0, 0.1) is 6.92 Å². The number of aromatic nitrogens is 1. The standard InChI is InChI=1S/C32H29BrN2O5S/c1-5-39-31(37)27-20(3)34-32-35(28(27)23-13-11-19(2)12-14-23)30(36)26(41-32)17-22-15-24(33)29(25(16-22)38-4)40-18-21-9-7-6-8-10-21/h6-17,28H,5,18H2,1-4H3/b26-17-/t28-/m0/s1. The van der Waals surface area contributed by atoms with Gasteiger partial charge in [-0.25, -0.2) is 9.79 Å². The van der Waals surface area contributed by atoms with E-state index in [0.717, 1.165) is 22.3 Å². The molecule has 1 atom stereocenters. The minimum Gasteiger partial charge on any atom is -0.493 e. The fourth-order valence-electron chi connectivity index (χ4n) is 4.70. The zero-order chi connectivity index (χ0) is 29.1. The van der Waals surface area contributed by atoms with Gasteiger partial charge < -0.3 is 14.2 Å². The van der Waals surface area contributed by atoms with Crippen LogP contribution in [-0.2, 0) is 16.1 Å². The summed E-state index contributed by atoms with van der Waals surface area (Å²) in [4.78, 5) is 32.1. The highest BCUT2D eigenvalue weighted by atomic mass is 79.9. The van der Waals surface area contributed by atoms with Gasteiger partial charge in [-0.3, -0.25) is 9.36 Å². The number of methoxy groups -OCH3 is 1. The number of hydrogen-bond donors (Lipinski definition) is 0. The molecule has 0 aliphatic carbocycles. The fourth-order valence-corrected chi connectivity index (χ4v) is 6.32. The summed E-state index contributed by atoms with van der Waals surface area (Å²) in [6.07, 6.45) is 1.80. The number of allylic oxidation sites excluding steroid dienone is 1. The van der Waals surface area contributed by atoms with Crippen LogP contribution in [0.2, 0.25) is 0 Å². The van der Waals surface area contributed by atoms with Gasteiger partial charge in [-0.15, -0.1) is 0 Å². The van der Waals surface area contributed by atoms with Gasteiger partial charge in [-0.05, 0) is 71.6 Å². The Morgan fingerprint density at radius 1 is 1.10 bits per heavy atom. The molecule has 0 spiro atoms. The van der Waals surface area contributed by atoms with Crippen molar-refractivity contribution >= 4 is 39.3 Å². The first-order chi connectivity index (χ1) is 19.8. The van der Waals surface area contributed by atoms with E-state index in [1.807, 2.05) is 73.7 Å². The van der Waals surface area contributed by atoms with Crippen LogP contribution in [0.5, 0.6) is 11.5 Å². The smallest absolute Gasteiger partial charge is 0.338 e. The molecule has 2 heterocycles. The molecule has 9 heteroatoms. The molecule has 1 aliphatic rings. The average Bonchev–Trinajstić information content (AvgIpc) is 3.26. The maximum atomic E-state index is 13.9. The van der Waals surface area contributed by atoms with Gasteiger partial charge in [0.25, 0.3) is 5.56 Å². The Balaban J connectivity index is 1.58. The SMILES string of the molecule is CCOC(=O)C1=C(C)N=c2s/c(=C\c3cc(Br)c(OCc4ccccc4)c(OC)c3)c(=O)n2[C@H]1c1ccc(C)cc1. The molecule has 4 aromatic rings. The monoisotopic (exact) mass is 632 g/mol. The molecule has 1 aliphatic heterocycles. The van der Waals surface area contributed by atoms with E-state index in [9.17, 15) is 9.59 Å². The highest BCUT2D eigenvalue weighted by molar-refractivity contribution is 9.10. The van der Waals surface area contributed by atoms with Crippen LogP contribution in [0.3, 0.4) is 0 Å². The Morgan fingerprint density at radius 2 is 1.83 bits per heavy atom. The number of carbonyl (C=O) groups excluding carboxylic acids is 1. The van der Waals surface area contributed by atoms with Crippen LogP contribution >= 0.6 is 27.3 Å². The molecule has 5 rings (SSSR count). The van der Waals surface area contributed by atoms with E-state index < -0.39 is 12.0 Å². The van der Waals surface area contributed by atoms with E-state index >= 15 is 0 Å². The second-order valence-corrected chi connectivity index (χ2v) is 11.4. The van der Waals surface area contributed by atoms with Crippen LogP contribution in [0.4, 0.5) is 0 Å². The number of rotatable bonds is 8. The number of ether oxygens (including phenoxy) is 3. The van der Waals surface area contributed by atoms with Crippen molar-refractivity contribution in [1.29, 1.82) is 0 Å². The predicted octanol–water partition coefficient (Wildman–Crippen LogP) is 5.46. The second-order valence-electron chi connectivity index (χ2n) is 9.52. The van der Waals surface area contributed by atoms with Gasteiger partial charge in [-0.2, -0.15) is 0 Å². The third-order valence-corrected chi connectivity index (χ3v) is 8.26. The first kappa shape index (κ1) is 28.6. The first-order valence-corrected chi connectivity index (χ1v) is 14.7. The molecular formula is C32H29BrN2O5S. The summed E-state index contributed by atoms with van der Waals surface area (Å²) < 4.78 is 19.8. The number of esters is 1. The highest BCUT2D eigenvalue weighted by Gasteiger charge is 2.33. The lowest BCUT2D eigenvalue weighted by Crippen LogP contribution is -2.39. The maximum Gasteiger partial charge on any atom is 0.338 e. The maximum absolute atomic E-state index is 13.9. The summed E-state index contributed by atoms with van der Waals surface area (Å²) in [5, 5.41) is 0. The van der Waals surface area contributed by atoms with Crippen molar-refractivity contribution in [1.82, 2.24) is 4.57 Å². The average molecular weight is 634 g/mol. The topological polar surface area (TPSA) is 79.1 Å². The quantitative estimate of drug-likeness (QED) is 0.241. The summed E-state index contributed by atoms with van der Waals surface area (Å²) in [6, 6.07) is 20.7. The van der Waals surface area contributed by atoms with Crippen LogP contribution in [0.25, 0.3) is 6.08 Å². The predicted molar refractivity (Wildman–Crippen MR) is 163 cm³/mol. The molecule has 210 valence electrons. The summed E-state index contributed by atoms with van der Waals surface area (Å²) in [5.41, 5.74) is 4.32. The van der Waals surface area contributed by atoms with E-state index in [0.29, 0.717) is 43.2 Å². The number of benzene rings is 3. The van der Waals surface area contributed by atoms with Gasteiger partial charge in [-0.1, -0.05) is 71.5 Å². The lowest BCUT2D eigenvalue weighted by molar-refractivity contribution is -0.139. The van der Waals surface area contributed by atoms with Crippen molar-refractivity contribution in [2.45, 2.75) is 33.4 Å². The molecule has 3 aromatic carbocycles.